The standard InChI is InChI=1S/C21H28N6O3/c1-29-10-7-15-5-8-27(9-6-15)20-24-12-18(13-25-20)17-4-2-3-16(11-17)14-30-21(28)26-19(22)23/h2-4,11-13,15H,5-10,14H2,1H3,(H4,22,23,26,28). The van der Waals surface area contributed by atoms with E-state index in [1.165, 1.54) is 0 Å². The molecule has 1 aromatic carbocycles. The van der Waals surface area contributed by atoms with E-state index in [0.717, 1.165) is 61.6 Å². The number of aliphatic imine (C=N–C) groups is 1. The number of benzene rings is 1. The molecule has 9 nitrogen and oxygen atoms in total. The van der Waals surface area contributed by atoms with Crippen molar-refractivity contribution in [3.05, 3.63) is 42.2 Å². The van der Waals surface area contributed by atoms with E-state index in [2.05, 4.69) is 19.9 Å². The Morgan fingerprint density at radius 1 is 1.20 bits per heavy atom. The molecular formula is C21H28N6O3. The molecule has 0 aliphatic carbocycles. The van der Waals surface area contributed by atoms with Crippen LogP contribution in [0.5, 0.6) is 0 Å². The Labute approximate surface area is 176 Å². The molecule has 9 heteroatoms. The first kappa shape index (κ1) is 21.5. The van der Waals surface area contributed by atoms with Crippen LogP contribution in [0.3, 0.4) is 0 Å². The zero-order valence-corrected chi connectivity index (χ0v) is 17.2. The molecule has 0 saturated carbocycles. The maximum atomic E-state index is 11.4. The first-order valence-electron chi connectivity index (χ1n) is 9.97. The maximum absolute atomic E-state index is 11.4. The number of hydrogen-bond acceptors (Lipinski definition) is 6. The predicted octanol–water partition coefficient (Wildman–Crippen LogP) is 2.31. The second kappa shape index (κ2) is 10.5. The molecule has 0 spiro atoms. The number of rotatable bonds is 7. The first-order chi connectivity index (χ1) is 14.5. The van der Waals surface area contributed by atoms with E-state index in [0.29, 0.717) is 5.92 Å². The van der Waals surface area contributed by atoms with Crippen molar-refractivity contribution < 1.29 is 14.3 Å². The summed E-state index contributed by atoms with van der Waals surface area (Å²) in [5.74, 6) is 1.14. The van der Waals surface area contributed by atoms with E-state index in [-0.39, 0.29) is 12.6 Å². The molecule has 1 aromatic heterocycles. The quantitative estimate of drug-likeness (QED) is 0.523. The summed E-state index contributed by atoms with van der Waals surface area (Å²) in [7, 11) is 1.75. The number of nitrogens with zero attached hydrogens (tertiary/aromatic N) is 4. The summed E-state index contributed by atoms with van der Waals surface area (Å²) in [6.07, 6.45) is 6.21. The molecule has 0 unspecified atom stereocenters. The minimum atomic E-state index is -0.820. The molecule has 30 heavy (non-hydrogen) atoms. The monoisotopic (exact) mass is 412 g/mol. The van der Waals surface area contributed by atoms with Crippen molar-refractivity contribution in [1.82, 2.24) is 9.97 Å². The van der Waals surface area contributed by atoms with E-state index in [1.807, 2.05) is 36.7 Å². The van der Waals surface area contributed by atoms with E-state index < -0.39 is 6.09 Å². The summed E-state index contributed by atoms with van der Waals surface area (Å²) < 4.78 is 10.2. The van der Waals surface area contributed by atoms with Crippen LogP contribution in [0, 0.1) is 5.92 Å². The van der Waals surface area contributed by atoms with Crippen molar-refractivity contribution in [2.75, 3.05) is 31.7 Å². The van der Waals surface area contributed by atoms with Crippen LogP contribution in [0.15, 0.2) is 41.7 Å². The number of hydrogen-bond donors (Lipinski definition) is 2. The molecule has 1 aliphatic rings. The number of guanidine groups is 1. The molecule has 1 aliphatic heterocycles. The highest BCUT2D eigenvalue weighted by atomic mass is 16.5. The largest absolute Gasteiger partial charge is 0.443 e. The third-order valence-electron chi connectivity index (χ3n) is 5.11. The highest BCUT2D eigenvalue weighted by molar-refractivity contribution is 5.87. The molecule has 3 rings (SSSR count). The smallest absolute Gasteiger partial charge is 0.437 e. The average Bonchev–Trinajstić information content (AvgIpc) is 2.76. The van der Waals surface area contributed by atoms with Gasteiger partial charge in [-0.1, -0.05) is 18.2 Å². The Morgan fingerprint density at radius 3 is 2.60 bits per heavy atom. The molecule has 1 fully saturated rings. The maximum Gasteiger partial charge on any atom is 0.437 e. The van der Waals surface area contributed by atoms with Crippen molar-refractivity contribution in [3.8, 4) is 11.1 Å². The number of anilines is 1. The number of aromatic nitrogens is 2. The second-order valence-corrected chi connectivity index (χ2v) is 7.28. The SMILES string of the molecule is COCCC1CCN(c2ncc(-c3cccc(COC(=O)N=C(N)N)c3)cn2)CC1. The number of ether oxygens (including phenoxy) is 2. The van der Waals surface area contributed by atoms with Gasteiger partial charge in [-0.3, -0.25) is 0 Å². The van der Waals surface area contributed by atoms with E-state index in [4.69, 9.17) is 20.9 Å². The van der Waals surface area contributed by atoms with Crippen LogP contribution in [0.25, 0.3) is 11.1 Å². The Hall–Kier alpha value is -3.20. The lowest BCUT2D eigenvalue weighted by Gasteiger charge is -2.31. The molecule has 0 atom stereocenters. The minimum absolute atomic E-state index is 0.0699. The van der Waals surface area contributed by atoms with Crippen LogP contribution >= 0.6 is 0 Å². The van der Waals surface area contributed by atoms with Crippen molar-refractivity contribution in [3.63, 3.8) is 0 Å². The summed E-state index contributed by atoms with van der Waals surface area (Å²) in [5, 5.41) is 0. The third-order valence-corrected chi connectivity index (χ3v) is 5.11. The summed E-state index contributed by atoms with van der Waals surface area (Å²) in [6.45, 7) is 2.82. The number of amides is 1. The van der Waals surface area contributed by atoms with E-state index >= 15 is 0 Å². The fourth-order valence-corrected chi connectivity index (χ4v) is 3.46. The number of nitrogens with two attached hydrogens (primary N) is 2. The average molecular weight is 412 g/mol. The summed E-state index contributed by atoms with van der Waals surface area (Å²) in [5.41, 5.74) is 13.0. The van der Waals surface area contributed by atoms with Crippen molar-refractivity contribution in [2.24, 2.45) is 22.4 Å². The molecule has 0 bridgehead atoms. The summed E-state index contributed by atoms with van der Waals surface area (Å²) in [6, 6.07) is 7.62. The molecule has 1 amide bonds. The lowest BCUT2D eigenvalue weighted by atomic mass is 9.94. The Bertz CT molecular complexity index is 859. The van der Waals surface area contributed by atoms with Gasteiger partial charge in [0.25, 0.3) is 0 Å². The fraction of sp³-hybridized carbons (Fsp3) is 0.429. The van der Waals surface area contributed by atoms with Crippen LogP contribution in [0.2, 0.25) is 0 Å². The normalized spacial score (nSPS) is 14.4. The van der Waals surface area contributed by atoms with Gasteiger partial charge < -0.3 is 25.8 Å². The van der Waals surface area contributed by atoms with Gasteiger partial charge in [-0.2, -0.15) is 0 Å². The summed E-state index contributed by atoms with van der Waals surface area (Å²) >= 11 is 0. The van der Waals surface area contributed by atoms with E-state index in [1.54, 1.807) is 7.11 Å². The zero-order valence-electron chi connectivity index (χ0n) is 17.2. The molecule has 4 N–H and O–H groups in total. The molecule has 2 aromatic rings. The molecular weight excluding hydrogens is 384 g/mol. The number of carbonyl (C=O) groups is 1. The molecule has 2 heterocycles. The van der Waals surface area contributed by atoms with Gasteiger partial charge in [0.05, 0.1) is 0 Å². The van der Waals surface area contributed by atoms with Crippen molar-refractivity contribution >= 4 is 18.0 Å². The van der Waals surface area contributed by atoms with Gasteiger partial charge in [0.1, 0.15) is 6.61 Å². The zero-order chi connectivity index (χ0) is 21.3. The highest BCUT2D eigenvalue weighted by Gasteiger charge is 2.20. The lowest BCUT2D eigenvalue weighted by Crippen LogP contribution is -2.35. The fourth-order valence-electron chi connectivity index (χ4n) is 3.46. The van der Waals surface area contributed by atoms with Gasteiger partial charge in [0.15, 0.2) is 5.96 Å². The van der Waals surface area contributed by atoms with Gasteiger partial charge in [-0.05, 0) is 42.4 Å². The Kier molecular flexibility index (Phi) is 7.56. The number of carbonyl (C=O) groups excluding carboxylic acids is 1. The van der Waals surface area contributed by atoms with Crippen molar-refractivity contribution in [2.45, 2.75) is 25.9 Å². The minimum Gasteiger partial charge on any atom is -0.443 e. The van der Waals surface area contributed by atoms with Gasteiger partial charge in [0, 0.05) is 44.8 Å². The van der Waals surface area contributed by atoms with Gasteiger partial charge in [-0.15, -0.1) is 4.99 Å². The van der Waals surface area contributed by atoms with Gasteiger partial charge >= 0.3 is 6.09 Å². The topological polar surface area (TPSA) is 129 Å². The third kappa shape index (κ3) is 6.15. The van der Waals surface area contributed by atoms with Gasteiger partial charge in [-0.25, -0.2) is 14.8 Å². The Balaban J connectivity index is 1.58. The highest BCUT2D eigenvalue weighted by Crippen LogP contribution is 2.25. The van der Waals surface area contributed by atoms with Gasteiger partial charge in [0.2, 0.25) is 5.95 Å². The molecule has 160 valence electrons. The van der Waals surface area contributed by atoms with Crippen LogP contribution in [-0.4, -0.2) is 48.8 Å². The lowest BCUT2D eigenvalue weighted by molar-refractivity contribution is 0.151. The number of piperidine rings is 1. The van der Waals surface area contributed by atoms with Crippen LogP contribution < -0.4 is 16.4 Å². The van der Waals surface area contributed by atoms with E-state index in [9.17, 15) is 4.79 Å². The van der Waals surface area contributed by atoms with Crippen LogP contribution in [-0.2, 0) is 16.1 Å². The summed E-state index contributed by atoms with van der Waals surface area (Å²) in [4.78, 5) is 26.1. The molecule has 1 saturated heterocycles. The number of methoxy groups -OCH3 is 1. The predicted molar refractivity (Wildman–Crippen MR) is 115 cm³/mol. The van der Waals surface area contributed by atoms with Crippen LogP contribution in [0.4, 0.5) is 10.7 Å². The van der Waals surface area contributed by atoms with Crippen molar-refractivity contribution in [1.29, 1.82) is 0 Å². The second-order valence-electron chi connectivity index (χ2n) is 7.28. The molecule has 0 radical (unpaired) electrons. The Morgan fingerprint density at radius 2 is 1.93 bits per heavy atom. The first-order valence-corrected chi connectivity index (χ1v) is 9.97. The van der Waals surface area contributed by atoms with Crippen LogP contribution in [0.1, 0.15) is 24.8 Å².